The topological polar surface area (TPSA) is 51.6 Å². The summed E-state index contributed by atoms with van der Waals surface area (Å²) in [6.07, 6.45) is 7.14. The Hall–Kier alpha value is -6.52. The molecule has 0 atom stereocenters. The van der Waals surface area contributed by atoms with E-state index in [4.69, 9.17) is 9.97 Å². The lowest BCUT2D eigenvalue weighted by atomic mass is 9.92. The number of aromatic nitrogens is 4. The molecule has 0 aliphatic rings. The highest BCUT2D eigenvalue weighted by Gasteiger charge is 2.13. The van der Waals surface area contributed by atoms with Crippen molar-refractivity contribution in [3.63, 3.8) is 0 Å². The molecule has 0 N–H and O–H groups in total. The van der Waals surface area contributed by atoms with E-state index in [2.05, 4.69) is 137 Å². The average Bonchev–Trinajstić information content (AvgIpc) is 3.19. The molecule has 0 radical (unpaired) electrons. The molecule has 3 aromatic heterocycles. The molecule has 0 aliphatic heterocycles. The molecule has 0 saturated heterocycles. The van der Waals surface area contributed by atoms with Gasteiger partial charge in [-0.2, -0.15) is 0 Å². The van der Waals surface area contributed by atoms with Crippen LogP contribution in [0.2, 0.25) is 0 Å². The van der Waals surface area contributed by atoms with E-state index in [1.807, 2.05) is 30.3 Å². The van der Waals surface area contributed by atoms with Crippen molar-refractivity contribution < 1.29 is 0 Å². The van der Waals surface area contributed by atoms with E-state index in [1.165, 1.54) is 33.4 Å². The first kappa shape index (κ1) is 28.9. The third-order valence-electron chi connectivity index (χ3n) is 8.50. The highest BCUT2D eigenvalue weighted by Crippen LogP contribution is 2.35. The highest BCUT2D eigenvalue weighted by atomic mass is 14.9. The number of benzene rings is 5. The first-order valence-corrected chi connectivity index (χ1v) is 15.9. The van der Waals surface area contributed by atoms with Gasteiger partial charge in [-0.1, -0.05) is 103 Å². The Morgan fingerprint density at radius 1 is 0.250 bits per heavy atom. The van der Waals surface area contributed by atoms with Gasteiger partial charge < -0.3 is 0 Å². The second-order valence-corrected chi connectivity index (χ2v) is 11.6. The van der Waals surface area contributed by atoms with Crippen LogP contribution in [0.1, 0.15) is 0 Å². The van der Waals surface area contributed by atoms with Crippen molar-refractivity contribution in [2.45, 2.75) is 0 Å². The van der Waals surface area contributed by atoms with Crippen molar-refractivity contribution >= 4 is 0 Å². The predicted octanol–water partition coefficient (Wildman–Crippen LogP) is 10.9. The van der Waals surface area contributed by atoms with Crippen molar-refractivity contribution in [1.29, 1.82) is 0 Å². The molecule has 0 aliphatic carbocycles. The number of pyridine rings is 2. The normalized spacial score (nSPS) is 10.9. The number of rotatable bonds is 7. The second-order valence-electron chi connectivity index (χ2n) is 11.6. The molecule has 0 spiro atoms. The summed E-state index contributed by atoms with van der Waals surface area (Å²) < 4.78 is 0. The van der Waals surface area contributed by atoms with Gasteiger partial charge in [-0.25, -0.2) is 9.97 Å². The molecule has 4 nitrogen and oxygen atoms in total. The molecule has 8 aromatic rings. The largest absolute Gasteiger partial charge is 0.265 e. The van der Waals surface area contributed by atoms with E-state index in [0.717, 1.165) is 39.2 Å². The van der Waals surface area contributed by atoms with Crippen LogP contribution in [-0.4, -0.2) is 19.9 Å². The van der Waals surface area contributed by atoms with Crippen LogP contribution in [0.25, 0.3) is 78.4 Å². The van der Waals surface area contributed by atoms with Crippen LogP contribution in [0.4, 0.5) is 0 Å². The van der Waals surface area contributed by atoms with E-state index in [-0.39, 0.29) is 0 Å². The van der Waals surface area contributed by atoms with Crippen LogP contribution >= 0.6 is 0 Å². The van der Waals surface area contributed by atoms with Crippen LogP contribution < -0.4 is 0 Å². The molecular formula is C44H30N4. The van der Waals surface area contributed by atoms with Crippen molar-refractivity contribution in [3.05, 3.63) is 183 Å². The second kappa shape index (κ2) is 13.1. The number of hydrogen-bond acceptors (Lipinski definition) is 4. The molecule has 4 heteroatoms. The minimum atomic E-state index is 0.666. The van der Waals surface area contributed by atoms with Crippen LogP contribution in [0, 0.1) is 0 Å². The van der Waals surface area contributed by atoms with Gasteiger partial charge >= 0.3 is 0 Å². The first-order valence-electron chi connectivity index (χ1n) is 15.9. The Morgan fingerprint density at radius 3 is 1.15 bits per heavy atom. The molecule has 0 bridgehead atoms. The molecule has 0 saturated carbocycles. The minimum Gasteiger partial charge on any atom is -0.265 e. The van der Waals surface area contributed by atoms with Crippen LogP contribution in [0.3, 0.4) is 0 Å². The van der Waals surface area contributed by atoms with Crippen molar-refractivity contribution in [2.24, 2.45) is 0 Å². The Morgan fingerprint density at radius 2 is 0.625 bits per heavy atom. The van der Waals surface area contributed by atoms with Gasteiger partial charge in [0.25, 0.3) is 0 Å². The average molecular weight is 615 g/mol. The Labute approximate surface area is 280 Å². The summed E-state index contributed by atoms with van der Waals surface area (Å²) in [7, 11) is 0. The third-order valence-corrected chi connectivity index (χ3v) is 8.50. The zero-order valence-corrected chi connectivity index (χ0v) is 26.1. The summed E-state index contributed by atoms with van der Waals surface area (Å²) in [5.74, 6) is 0.666. The van der Waals surface area contributed by atoms with Crippen LogP contribution in [0.15, 0.2) is 183 Å². The summed E-state index contributed by atoms with van der Waals surface area (Å²) in [5.41, 5.74) is 14.0. The molecule has 5 aromatic carbocycles. The molecule has 0 amide bonds. The summed E-state index contributed by atoms with van der Waals surface area (Å²) in [4.78, 5) is 18.4. The molecule has 0 unspecified atom stereocenters. The Balaban J connectivity index is 1.20. The maximum atomic E-state index is 4.99. The quantitative estimate of drug-likeness (QED) is 0.179. The van der Waals surface area contributed by atoms with Gasteiger partial charge in [0, 0.05) is 41.5 Å². The number of hydrogen-bond donors (Lipinski definition) is 0. The molecule has 48 heavy (non-hydrogen) atoms. The van der Waals surface area contributed by atoms with E-state index in [0.29, 0.717) is 5.82 Å². The van der Waals surface area contributed by atoms with E-state index in [1.54, 1.807) is 24.8 Å². The third kappa shape index (κ3) is 6.15. The fraction of sp³-hybridized carbons (Fsp3) is 0. The summed E-state index contributed by atoms with van der Waals surface area (Å²) in [5, 5.41) is 0. The van der Waals surface area contributed by atoms with E-state index < -0.39 is 0 Å². The van der Waals surface area contributed by atoms with E-state index in [9.17, 15) is 0 Å². The molecule has 3 heterocycles. The predicted molar refractivity (Wildman–Crippen MR) is 196 cm³/mol. The van der Waals surface area contributed by atoms with Crippen LogP contribution in [0.5, 0.6) is 0 Å². The molecular weight excluding hydrogens is 585 g/mol. The molecule has 226 valence electrons. The van der Waals surface area contributed by atoms with Crippen molar-refractivity contribution in [3.8, 4) is 78.4 Å². The fourth-order valence-corrected chi connectivity index (χ4v) is 6.00. The Bertz CT molecular complexity index is 2250. The van der Waals surface area contributed by atoms with Gasteiger partial charge in [0.1, 0.15) is 0 Å². The summed E-state index contributed by atoms with van der Waals surface area (Å²) in [6, 6.07) is 55.2. The smallest absolute Gasteiger partial charge is 0.160 e. The van der Waals surface area contributed by atoms with Gasteiger partial charge in [-0.3, -0.25) is 9.97 Å². The number of nitrogens with zero attached hydrogens (tertiary/aromatic N) is 4. The van der Waals surface area contributed by atoms with Crippen molar-refractivity contribution in [2.75, 3.05) is 0 Å². The minimum absolute atomic E-state index is 0.666. The maximum Gasteiger partial charge on any atom is 0.160 e. The monoisotopic (exact) mass is 614 g/mol. The lowest BCUT2D eigenvalue weighted by molar-refractivity contribution is 1.18. The SMILES string of the molecule is c1ccc(-c2cccc(-c3cc(-c4ccccc4)cc(-c4ccc(-c5nc(-c6ccncc6)cc(-c6ccncc6)n5)cc4)c3)c2)cc1. The van der Waals surface area contributed by atoms with Gasteiger partial charge in [0.2, 0.25) is 0 Å². The molecule has 0 fully saturated rings. The lowest BCUT2D eigenvalue weighted by Crippen LogP contribution is -1.96. The summed E-state index contributed by atoms with van der Waals surface area (Å²) >= 11 is 0. The maximum absolute atomic E-state index is 4.99. The van der Waals surface area contributed by atoms with E-state index >= 15 is 0 Å². The van der Waals surface area contributed by atoms with Gasteiger partial charge in [0.15, 0.2) is 5.82 Å². The van der Waals surface area contributed by atoms with Gasteiger partial charge in [0.05, 0.1) is 11.4 Å². The van der Waals surface area contributed by atoms with Gasteiger partial charge in [-0.05, 0) is 99.1 Å². The Kier molecular flexibility index (Phi) is 7.87. The summed E-state index contributed by atoms with van der Waals surface area (Å²) in [6.45, 7) is 0. The van der Waals surface area contributed by atoms with Crippen LogP contribution in [-0.2, 0) is 0 Å². The lowest BCUT2D eigenvalue weighted by Gasteiger charge is -2.13. The highest BCUT2D eigenvalue weighted by molar-refractivity contribution is 5.83. The van der Waals surface area contributed by atoms with Crippen molar-refractivity contribution in [1.82, 2.24) is 19.9 Å². The first-order chi connectivity index (χ1) is 23.8. The molecule has 8 rings (SSSR count). The standard InChI is InChI=1S/C44H30N4/c1-3-8-31(9-4-1)37-12-7-13-38(26-37)41-28-39(32-10-5-2-6-11-32)27-40(29-41)33-14-16-36(17-15-33)44-47-42(34-18-22-45-23-19-34)30-43(48-44)35-20-24-46-25-21-35/h1-30H. The zero-order valence-electron chi connectivity index (χ0n) is 26.1. The van der Waals surface area contributed by atoms with Gasteiger partial charge in [-0.15, -0.1) is 0 Å². The zero-order chi connectivity index (χ0) is 32.1. The fourth-order valence-electron chi connectivity index (χ4n) is 6.00.